The molecule has 0 aliphatic heterocycles. The zero-order valence-corrected chi connectivity index (χ0v) is 17.6. The van der Waals surface area contributed by atoms with E-state index in [0.29, 0.717) is 0 Å². The third-order valence-electron chi connectivity index (χ3n) is 6.91. The lowest BCUT2D eigenvalue weighted by Crippen LogP contribution is -2.60. The van der Waals surface area contributed by atoms with E-state index < -0.39 is 10.8 Å². The smallest absolute Gasteiger partial charge is 0.237 e. The van der Waals surface area contributed by atoms with Crippen LogP contribution in [0.5, 0.6) is 0 Å². The van der Waals surface area contributed by atoms with E-state index in [1.165, 1.54) is 19.3 Å². The normalized spacial score (nSPS) is 31.4. The second kappa shape index (κ2) is 7.62. The Balaban J connectivity index is 1.28. The number of hydrogen-bond acceptors (Lipinski definition) is 3. The van der Waals surface area contributed by atoms with E-state index in [-0.39, 0.29) is 28.9 Å². The molecular formula is C22H30N2O3S. The lowest BCUT2D eigenvalue weighted by atomic mass is 9.53. The van der Waals surface area contributed by atoms with E-state index in [2.05, 4.69) is 10.6 Å². The van der Waals surface area contributed by atoms with Crippen molar-refractivity contribution in [3.63, 3.8) is 0 Å². The molecule has 2 amide bonds. The predicted octanol–water partition coefficient (Wildman–Crippen LogP) is 3.08. The zero-order chi connectivity index (χ0) is 19.9. The number of rotatable bonds is 6. The maximum atomic E-state index is 12.5. The molecule has 1 aromatic carbocycles. The van der Waals surface area contributed by atoms with E-state index in [0.717, 1.165) is 53.8 Å². The SMILES string of the molecule is Cc1cccc(NC(=O)CS(=O)CC(=O)NC23CC4CC(CC(C4)C2)C3)c1C. The van der Waals surface area contributed by atoms with Gasteiger partial charge in [-0.3, -0.25) is 13.8 Å². The fourth-order valence-corrected chi connectivity index (χ4v) is 6.84. The summed E-state index contributed by atoms with van der Waals surface area (Å²) in [4.78, 5) is 24.8. The van der Waals surface area contributed by atoms with Crippen molar-refractivity contribution in [1.82, 2.24) is 5.32 Å². The predicted molar refractivity (Wildman–Crippen MR) is 111 cm³/mol. The Kier molecular flexibility index (Phi) is 5.34. The molecule has 0 saturated heterocycles. The minimum Gasteiger partial charge on any atom is -0.350 e. The van der Waals surface area contributed by atoms with E-state index >= 15 is 0 Å². The number of hydrogen-bond donors (Lipinski definition) is 2. The van der Waals surface area contributed by atoms with Gasteiger partial charge in [0, 0.05) is 22.0 Å². The van der Waals surface area contributed by atoms with Crippen molar-refractivity contribution in [2.45, 2.75) is 57.9 Å². The van der Waals surface area contributed by atoms with Crippen LogP contribution in [0.25, 0.3) is 0 Å². The fraction of sp³-hybridized carbons (Fsp3) is 0.636. The summed E-state index contributed by atoms with van der Waals surface area (Å²) in [6.07, 6.45) is 7.18. The summed E-state index contributed by atoms with van der Waals surface area (Å²) in [6, 6.07) is 5.70. The van der Waals surface area contributed by atoms with Crippen LogP contribution in [-0.2, 0) is 20.4 Å². The third-order valence-corrected chi connectivity index (χ3v) is 8.07. The van der Waals surface area contributed by atoms with Gasteiger partial charge in [-0.25, -0.2) is 0 Å². The van der Waals surface area contributed by atoms with E-state index in [9.17, 15) is 13.8 Å². The average molecular weight is 403 g/mol. The van der Waals surface area contributed by atoms with Crippen LogP contribution in [0.1, 0.15) is 49.7 Å². The van der Waals surface area contributed by atoms with Crippen LogP contribution in [0.15, 0.2) is 18.2 Å². The van der Waals surface area contributed by atoms with Crippen LogP contribution in [0.4, 0.5) is 5.69 Å². The van der Waals surface area contributed by atoms with Gasteiger partial charge in [0.15, 0.2) is 0 Å². The van der Waals surface area contributed by atoms with Gasteiger partial charge in [-0.2, -0.15) is 0 Å². The van der Waals surface area contributed by atoms with Gasteiger partial charge in [0.25, 0.3) is 0 Å². The average Bonchev–Trinajstić information content (AvgIpc) is 2.56. The highest BCUT2D eigenvalue weighted by atomic mass is 32.2. The molecule has 4 bridgehead atoms. The first-order valence-electron chi connectivity index (χ1n) is 10.3. The van der Waals surface area contributed by atoms with Gasteiger partial charge in [-0.05, 0) is 87.3 Å². The molecule has 0 spiro atoms. The zero-order valence-electron chi connectivity index (χ0n) is 16.8. The summed E-state index contributed by atoms with van der Waals surface area (Å²) < 4.78 is 12.4. The molecule has 4 aliphatic carbocycles. The van der Waals surface area contributed by atoms with Crippen molar-refractivity contribution in [2.75, 3.05) is 16.8 Å². The van der Waals surface area contributed by atoms with Crippen LogP contribution < -0.4 is 10.6 Å². The van der Waals surface area contributed by atoms with Gasteiger partial charge < -0.3 is 10.6 Å². The van der Waals surface area contributed by atoms with Crippen LogP contribution in [0.3, 0.4) is 0 Å². The molecule has 0 radical (unpaired) electrons. The highest BCUT2D eigenvalue weighted by Crippen LogP contribution is 2.55. The summed E-state index contributed by atoms with van der Waals surface area (Å²) in [5, 5.41) is 6.05. The molecule has 4 saturated carbocycles. The summed E-state index contributed by atoms with van der Waals surface area (Å²) in [5.74, 6) is 1.53. The third kappa shape index (κ3) is 4.17. The van der Waals surface area contributed by atoms with Crippen molar-refractivity contribution >= 4 is 28.3 Å². The molecule has 0 aromatic heterocycles. The number of nitrogens with one attached hydrogen (secondary N) is 2. The number of benzene rings is 1. The van der Waals surface area contributed by atoms with Gasteiger partial charge in [0.05, 0.1) is 0 Å². The van der Waals surface area contributed by atoms with Crippen molar-refractivity contribution in [3.8, 4) is 0 Å². The van der Waals surface area contributed by atoms with Crippen molar-refractivity contribution in [2.24, 2.45) is 17.8 Å². The Labute approximate surface area is 169 Å². The highest BCUT2D eigenvalue weighted by Gasteiger charge is 2.51. The molecule has 5 rings (SSSR count). The lowest BCUT2D eigenvalue weighted by Gasteiger charge is -2.56. The standard InChI is InChI=1S/C22H30N2O3S/c1-14-4-3-5-19(15(14)2)23-20(25)12-28(27)13-21(26)24-22-9-16-6-17(10-22)8-18(7-16)11-22/h3-5,16-18H,6-13H2,1-2H3,(H,23,25)(H,24,26). The second-order valence-electron chi connectivity index (χ2n) is 9.27. The molecule has 28 heavy (non-hydrogen) atoms. The van der Waals surface area contributed by atoms with Crippen LogP contribution >= 0.6 is 0 Å². The quantitative estimate of drug-likeness (QED) is 0.768. The van der Waals surface area contributed by atoms with Gasteiger partial charge in [0.1, 0.15) is 11.5 Å². The molecule has 0 heterocycles. The van der Waals surface area contributed by atoms with Crippen LogP contribution in [0, 0.1) is 31.6 Å². The Morgan fingerprint density at radius 2 is 1.57 bits per heavy atom. The maximum absolute atomic E-state index is 12.5. The second-order valence-corrected chi connectivity index (χ2v) is 10.7. The van der Waals surface area contributed by atoms with Gasteiger partial charge in [-0.1, -0.05) is 12.1 Å². The highest BCUT2D eigenvalue weighted by molar-refractivity contribution is 7.86. The molecule has 1 unspecified atom stereocenters. The molecule has 1 atom stereocenters. The summed E-state index contributed by atoms with van der Waals surface area (Å²) in [6.45, 7) is 3.93. The molecule has 5 nitrogen and oxygen atoms in total. The van der Waals surface area contributed by atoms with Crippen molar-refractivity contribution < 1.29 is 13.8 Å². The van der Waals surface area contributed by atoms with Crippen LogP contribution in [-0.4, -0.2) is 33.1 Å². The molecule has 4 aliphatic rings. The molecular weight excluding hydrogens is 372 g/mol. The first-order chi connectivity index (χ1) is 13.3. The first-order valence-corrected chi connectivity index (χ1v) is 11.8. The lowest BCUT2D eigenvalue weighted by molar-refractivity contribution is -0.124. The van der Waals surface area contributed by atoms with Crippen molar-refractivity contribution in [1.29, 1.82) is 0 Å². The minimum absolute atomic E-state index is 0.0725. The van der Waals surface area contributed by atoms with E-state index in [4.69, 9.17) is 0 Å². The summed E-state index contributed by atoms with van der Waals surface area (Å²) in [5.41, 5.74) is 2.76. The molecule has 2 N–H and O–H groups in total. The number of amides is 2. The van der Waals surface area contributed by atoms with Crippen LogP contribution in [0.2, 0.25) is 0 Å². The van der Waals surface area contributed by atoms with Crippen molar-refractivity contribution in [3.05, 3.63) is 29.3 Å². The van der Waals surface area contributed by atoms with E-state index in [1.807, 2.05) is 32.0 Å². The van der Waals surface area contributed by atoms with E-state index in [1.54, 1.807) is 0 Å². The largest absolute Gasteiger partial charge is 0.350 e. The topological polar surface area (TPSA) is 75.3 Å². The van der Waals surface area contributed by atoms with Gasteiger partial charge in [-0.15, -0.1) is 0 Å². The maximum Gasteiger partial charge on any atom is 0.237 e. The molecule has 6 heteroatoms. The summed E-state index contributed by atoms with van der Waals surface area (Å²) >= 11 is 0. The molecule has 152 valence electrons. The Morgan fingerprint density at radius 3 is 2.18 bits per heavy atom. The monoisotopic (exact) mass is 402 g/mol. The number of carbonyl (C=O) groups excluding carboxylic acids is 2. The Morgan fingerprint density at radius 1 is 1.00 bits per heavy atom. The fourth-order valence-electron chi connectivity index (χ4n) is 6.01. The molecule has 4 fully saturated rings. The first kappa shape index (κ1) is 19.6. The minimum atomic E-state index is -1.50. The summed E-state index contributed by atoms with van der Waals surface area (Å²) in [7, 11) is -1.50. The number of aryl methyl sites for hydroxylation is 1. The number of carbonyl (C=O) groups is 2. The number of anilines is 1. The Hall–Kier alpha value is -1.69. The molecule has 1 aromatic rings. The van der Waals surface area contributed by atoms with Gasteiger partial charge >= 0.3 is 0 Å². The van der Waals surface area contributed by atoms with Gasteiger partial charge in [0.2, 0.25) is 11.8 Å². The Bertz CT molecular complexity index is 785.